The predicted octanol–water partition coefficient (Wildman–Crippen LogP) is 5.40. The summed E-state index contributed by atoms with van der Waals surface area (Å²) in [6, 6.07) is 46.3. The highest BCUT2D eigenvalue weighted by atomic mass is 79.9. The number of alkyl halides is 3. The van der Waals surface area contributed by atoms with Crippen molar-refractivity contribution in [2.75, 3.05) is 129 Å². The number of ether oxygens (including phenoxy) is 3. The first-order valence-corrected chi connectivity index (χ1v) is 39.1. The van der Waals surface area contributed by atoms with Crippen molar-refractivity contribution in [1.29, 1.82) is 0 Å². The molecule has 0 spiro atoms. The number of hydrogen-bond acceptors (Lipinski definition) is 14. The smallest absolute Gasteiger partial charge is 0.430 e. The molecule has 115 heavy (non-hydrogen) atoms. The highest BCUT2D eigenvalue weighted by molar-refractivity contribution is 6.04. The van der Waals surface area contributed by atoms with E-state index in [-0.39, 0.29) is 107 Å². The van der Waals surface area contributed by atoms with E-state index in [1.807, 2.05) is 117 Å². The molecule has 6 unspecified atom stereocenters. The molecular weight excluding hydrogens is 1610 g/mol. The van der Waals surface area contributed by atoms with Crippen LogP contribution in [-0.4, -0.2) is 202 Å². The maximum atomic E-state index is 13.5. The van der Waals surface area contributed by atoms with E-state index in [1.54, 1.807) is 36.4 Å². The van der Waals surface area contributed by atoms with E-state index in [0.29, 0.717) is 112 Å². The SMILES string of the molecule is CCN(CC)C(=O)C1CCC[N+](CC(=O)Nc2c(C)cccc2C(=O)OC)(Cc2ccccc2)C1.COC(=O)c1cccc(C)c1NC(=O)C[N+]1(Cc2ccccc2)CCCC(C(=O)N2CCCCC2)C1.COC(=O)c1cccc(C)c1NC(=O)C[N+]1(Cc2ccccc2)CCCC(C(=O)NCC(C)C)C1.O=C([O-])C(F)(F)F.[Br-].[Br-]. The summed E-state index contributed by atoms with van der Waals surface area (Å²) in [5, 5.41) is 20.8. The lowest BCUT2D eigenvalue weighted by atomic mass is 9.92. The zero-order valence-corrected chi connectivity index (χ0v) is 71.1. The number of carbonyl (C=O) groups excluding carboxylic acids is 10. The number of quaternary nitrogens is 3. The lowest BCUT2D eigenvalue weighted by molar-refractivity contribution is -0.940. The van der Waals surface area contributed by atoms with Gasteiger partial charge in [-0.1, -0.05) is 141 Å². The summed E-state index contributed by atoms with van der Waals surface area (Å²) in [6.07, 6.45) is 3.34. The Kier molecular flexibility index (Phi) is 38.8. The van der Waals surface area contributed by atoms with E-state index >= 15 is 0 Å². The van der Waals surface area contributed by atoms with E-state index in [2.05, 4.69) is 71.5 Å². The Balaban J connectivity index is 0.000000292. The number of aliphatic carboxylic acids is 1. The number of methoxy groups -OCH3 is 3. The average molecular weight is 1730 g/mol. The summed E-state index contributed by atoms with van der Waals surface area (Å²) >= 11 is 0. The Labute approximate surface area is 695 Å². The van der Waals surface area contributed by atoms with Gasteiger partial charge in [0.2, 0.25) is 17.7 Å². The van der Waals surface area contributed by atoms with E-state index in [0.717, 1.165) is 117 Å². The summed E-state index contributed by atoms with van der Waals surface area (Å²) in [4.78, 5) is 130. The Bertz CT molecular complexity index is 4210. The molecule has 4 aliphatic heterocycles. The Hall–Kier alpha value is -9.35. The minimum absolute atomic E-state index is 0. The second kappa shape index (κ2) is 46.4. The van der Waals surface area contributed by atoms with Crippen LogP contribution in [-0.2, 0) is 67.4 Å². The number of nitrogens with zero attached hydrogens (tertiary/aromatic N) is 5. The molecule has 4 saturated heterocycles. The molecule has 0 bridgehead atoms. The molecule has 28 heteroatoms. The largest absolute Gasteiger partial charge is 1.00 e. The summed E-state index contributed by atoms with van der Waals surface area (Å²) in [6.45, 7) is 24.5. The predicted molar refractivity (Wildman–Crippen MR) is 424 cm³/mol. The van der Waals surface area contributed by atoms with Gasteiger partial charge in [-0.15, -0.1) is 0 Å². The Morgan fingerprint density at radius 3 is 1.12 bits per heavy atom. The van der Waals surface area contributed by atoms with E-state index in [1.165, 1.54) is 27.8 Å². The maximum absolute atomic E-state index is 13.5. The highest BCUT2D eigenvalue weighted by Crippen LogP contribution is 2.34. The van der Waals surface area contributed by atoms with Crippen molar-refractivity contribution in [2.24, 2.45) is 23.7 Å². The molecule has 23 nitrogen and oxygen atoms in total. The minimum Gasteiger partial charge on any atom is -1.00 e. The van der Waals surface area contributed by atoms with Crippen molar-refractivity contribution < 1.29 is 128 Å². The summed E-state index contributed by atoms with van der Waals surface area (Å²) in [5.41, 5.74) is 8.29. The van der Waals surface area contributed by atoms with Crippen molar-refractivity contribution in [3.8, 4) is 0 Å². The van der Waals surface area contributed by atoms with Gasteiger partial charge < -0.3 is 103 Å². The van der Waals surface area contributed by atoms with Crippen LogP contribution >= 0.6 is 0 Å². The van der Waals surface area contributed by atoms with E-state index < -0.39 is 30.1 Å². The van der Waals surface area contributed by atoms with E-state index in [4.69, 9.17) is 24.1 Å². The van der Waals surface area contributed by atoms with Crippen LogP contribution < -0.4 is 60.3 Å². The van der Waals surface area contributed by atoms with Crippen molar-refractivity contribution in [3.05, 3.63) is 196 Å². The normalized spacial score (nSPS) is 19.6. The van der Waals surface area contributed by atoms with Gasteiger partial charge >= 0.3 is 24.1 Å². The molecule has 6 atom stereocenters. The molecule has 6 aromatic rings. The number of aryl methyl sites for hydroxylation is 3. The number of benzene rings is 6. The first-order chi connectivity index (χ1) is 53.9. The van der Waals surface area contributed by atoms with Gasteiger partial charge in [0.25, 0.3) is 17.7 Å². The zero-order valence-electron chi connectivity index (χ0n) is 67.9. The average Bonchev–Trinajstić information content (AvgIpc) is 0.828. The molecule has 10 rings (SSSR count). The second-order valence-corrected chi connectivity index (χ2v) is 30.6. The number of para-hydroxylation sites is 3. The quantitative estimate of drug-likeness (QED) is 0.0318. The van der Waals surface area contributed by atoms with E-state index in [9.17, 15) is 56.3 Å². The summed E-state index contributed by atoms with van der Waals surface area (Å²) < 4.78 is 47.8. The molecule has 4 aliphatic rings. The van der Waals surface area contributed by atoms with Crippen molar-refractivity contribution in [3.63, 3.8) is 0 Å². The lowest BCUT2D eigenvalue weighted by Gasteiger charge is -2.44. The monoisotopic (exact) mass is 1720 g/mol. The molecule has 0 aliphatic carbocycles. The van der Waals surface area contributed by atoms with Gasteiger partial charge in [0.05, 0.1) is 112 Å². The number of esters is 3. The number of piperidine rings is 4. The first-order valence-electron chi connectivity index (χ1n) is 39.1. The van der Waals surface area contributed by atoms with Crippen LogP contribution in [0.5, 0.6) is 0 Å². The second-order valence-electron chi connectivity index (χ2n) is 30.6. The molecule has 4 heterocycles. The Morgan fingerprint density at radius 1 is 0.478 bits per heavy atom. The van der Waals surface area contributed by atoms with Gasteiger partial charge in [-0.05, 0) is 133 Å². The molecule has 4 fully saturated rings. The molecule has 0 radical (unpaired) electrons. The van der Waals surface area contributed by atoms with Crippen molar-refractivity contribution in [2.45, 2.75) is 132 Å². The number of nitrogens with one attached hydrogen (secondary N) is 4. The maximum Gasteiger partial charge on any atom is 0.430 e. The fraction of sp³-hybridized carbons (Fsp3) is 0.471. The zero-order chi connectivity index (χ0) is 82.5. The van der Waals surface area contributed by atoms with Gasteiger partial charge in [0, 0.05) is 49.4 Å². The standard InChI is InChI=1S/C29H37N3O4.2C28H37N3O4.C2HF3O2.2BrH/c1-22-11-9-15-25(29(35)36-2)27(22)30-26(33)21-32(19-23-12-5-3-6-13-23)18-10-14-24(20-32)28(34)31-16-7-4-8-17-31;1-20(2)16-29-27(33)23-13-9-15-31(18-23,17-22-11-6-5-7-12-22)19-25(32)30-26-21(3)10-8-14-24(26)28(34)35-4;1-5-30(6-2)27(33)23-15-11-17-31(19-23,18-22-13-8-7-9-14-22)20-25(32)29-26-21(3)12-10-16-24(26)28(34)35-4;3-2(4,5)1(6)7;;/h3,5-6,9,11-13,15,24H,4,7-8,10,14,16-21H2,1-2H3;5-8,10-12,14,20,23H,9,13,15-19H2,1-4H3,(H-,29,30,32,33,34);7-10,12-14,16,23H,5-6,11,15,17-20H2,1-4H3;(H,6,7);2*1H. The molecule has 626 valence electrons. The molecular formula is C87H114Br2F3N9O14. The van der Waals surface area contributed by atoms with Crippen LogP contribution in [0.4, 0.5) is 30.2 Å². The van der Waals surface area contributed by atoms with Gasteiger partial charge in [0.1, 0.15) is 25.6 Å². The third-order valence-electron chi connectivity index (χ3n) is 21.5. The van der Waals surface area contributed by atoms with Gasteiger partial charge in [0.15, 0.2) is 19.6 Å². The summed E-state index contributed by atoms with van der Waals surface area (Å²) in [7, 11) is 4.00. The van der Waals surface area contributed by atoms with Crippen LogP contribution in [0.2, 0.25) is 0 Å². The number of amides is 6. The van der Waals surface area contributed by atoms with Gasteiger partial charge in [-0.2, -0.15) is 13.2 Å². The van der Waals surface area contributed by atoms with Gasteiger partial charge in [-0.3, -0.25) is 28.8 Å². The topological polar surface area (TPSA) is 276 Å². The molecule has 0 aromatic heterocycles. The summed E-state index contributed by atoms with van der Waals surface area (Å²) in [5.74, 6) is -4.40. The first kappa shape index (κ1) is 96.2. The van der Waals surface area contributed by atoms with Crippen LogP contribution in [0.15, 0.2) is 146 Å². The molecule has 6 aromatic carbocycles. The Morgan fingerprint density at radius 2 is 0.800 bits per heavy atom. The third-order valence-corrected chi connectivity index (χ3v) is 21.5. The van der Waals surface area contributed by atoms with Crippen molar-refractivity contribution >= 4 is 76.4 Å². The number of carboxylic acids is 1. The number of carbonyl (C=O) groups is 10. The van der Waals surface area contributed by atoms with Crippen LogP contribution in [0.1, 0.15) is 150 Å². The third kappa shape index (κ3) is 28.8. The molecule has 4 N–H and O–H groups in total. The lowest BCUT2D eigenvalue weighted by Crippen LogP contribution is -3.00. The minimum atomic E-state index is -5.19. The highest BCUT2D eigenvalue weighted by Gasteiger charge is 2.45. The van der Waals surface area contributed by atoms with Crippen LogP contribution in [0.3, 0.4) is 0 Å². The molecule has 0 saturated carbocycles. The number of rotatable bonds is 25. The number of carboxylic acid groups (broad SMARTS) is 1. The number of anilines is 3. The molecule has 6 amide bonds. The number of halogens is 5. The van der Waals surface area contributed by atoms with Gasteiger partial charge in [-0.25, -0.2) is 14.4 Å². The fourth-order valence-corrected chi connectivity index (χ4v) is 15.9. The number of hydrogen-bond donors (Lipinski definition) is 4. The van der Waals surface area contributed by atoms with Crippen molar-refractivity contribution in [1.82, 2.24) is 15.1 Å². The van der Waals surface area contributed by atoms with Crippen LogP contribution in [0, 0.1) is 44.4 Å². The van der Waals surface area contributed by atoms with Crippen LogP contribution in [0.25, 0.3) is 0 Å². The number of likely N-dealkylation sites (tertiary alicyclic amines) is 4. The fourth-order valence-electron chi connectivity index (χ4n) is 15.9.